The maximum atomic E-state index is 5.33. The molecule has 69 valence electrons. The average molecular weight is 169 g/mol. The van der Waals surface area contributed by atoms with Crippen molar-refractivity contribution in [1.29, 1.82) is 0 Å². The Labute approximate surface area is 74.9 Å². The number of rotatable bonds is 7. The second-order valence-electron chi connectivity index (χ2n) is 2.46. The van der Waals surface area contributed by atoms with Gasteiger partial charge in [-0.25, -0.2) is 0 Å². The first-order valence-corrected chi connectivity index (χ1v) is 4.03. The zero-order chi connectivity index (χ0) is 9.45. The van der Waals surface area contributed by atoms with Gasteiger partial charge in [0, 0.05) is 6.92 Å². The zero-order valence-electron chi connectivity index (χ0n) is 7.71. The quantitative estimate of drug-likeness (QED) is 0.430. The van der Waals surface area contributed by atoms with Gasteiger partial charge in [-0.1, -0.05) is 19.1 Å². The molecule has 0 aliphatic heterocycles. The Kier molecular flexibility index (Phi) is 5.68. The first-order chi connectivity index (χ1) is 5.68. The minimum Gasteiger partial charge on any atom is -0.346 e. The summed E-state index contributed by atoms with van der Waals surface area (Å²) in [5.74, 6) is -0.748. The van der Waals surface area contributed by atoms with Gasteiger partial charge in [0.1, 0.15) is 0 Å². The van der Waals surface area contributed by atoms with Crippen molar-refractivity contribution in [3.05, 3.63) is 32.2 Å². The van der Waals surface area contributed by atoms with E-state index >= 15 is 0 Å². The Hall–Kier alpha value is -0.600. The molecule has 0 aliphatic rings. The zero-order valence-corrected chi connectivity index (χ0v) is 7.71. The fraction of sp³-hybridized carbons (Fsp3) is 0.500. The summed E-state index contributed by atoms with van der Waals surface area (Å²) >= 11 is 0. The van der Waals surface area contributed by atoms with Crippen molar-refractivity contribution in [3.8, 4) is 0 Å². The van der Waals surface area contributed by atoms with Crippen LogP contribution in [0, 0.1) is 6.92 Å². The van der Waals surface area contributed by atoms with E-state index in [1.165, 1.54) is 0 Å². The van der Waals surface area contributed by atoms with Crippen molar-refractivity contribution in [3.63, 3.8) is 0 Å². The molecule has 0 atom stereocenters. The van der Waals surface area contributed by atoms with Crippen LogP contribution in [0.1, 0.15) is 13.3 Å². The Morgan fingerprint density at radius 1 is 1.17 bits per heavy atom. The van der Waals surface area contributed by atoms with Crippen LogP contribution in [-0.4, -0.2) is 19.0 Å². The minimum atomic E-state index is -0.748. The first kappa shape index (κ1) is 11.4. The molecule has 2 nitrogen and oxygen atoms in total. The van der Waals surface area contributed by atoms with E-state index in [-0.39, 0.29) is 0 Å². The van der Waals surface area contributed by atoms with Crippen LogP contribution < -0.4 is 0 Å². The van der Waals surface area contributed by atoms with E-state index in [0.29, 0.717) is 19.6 Å². The second-order valence-corrected chi connectivity index (χ2v) is 2.46. The fourth-order valence-corrected chi connectivity index (χ4v) is 0.667. The van der Waals surface area contributed by atoms with Crippen LogP contribution in [0.3, 0.4) is 0 Å². The minimum absolute atomic E-state index is 0.453. The molecule has 2 heteroatoms. The van der Waals surface area contributed by atoms with E-state index in [9.17, 15) is 0 Å². The normalized spacial score (nSPS) is 11.2. The van der Waals surface area contributed by atoms with Gasteiger partial charge < -0.3 is 9.47 Å². The molecule has 0 aromatic carbocycles. The SMILES string of the molecule is [CH2]C(CC)(OCC=C)OCC=C. The molecule has 0 aromatic rings. The van der Waals surface area contributed by atoms with Crippen molar-refractivity contribution in [2.45, 2.75) is 19.1 Å². The molecule has 0 unspecified atom stereocenters. The van der Waals surface area contributed by atoms with Crippen LogP contribution in [0.15, 0.2) is 25.3 Å². The van der Waals surface area contributed by atoms with Crippen molar-refractivity contribution in [1.82, 2.24) is 0 Å². The lowest BCUT2D eigenvalue weighted by atomic mass is 10.2. The highest BCUT2D eigenvalue weighted by atomic mass is 16.7. The van der Waals surface area contributed by atoms with Crippen LogP contribution in [0.2, 0.25) is 0 Å². The smallest absolute Gasteiger partial charge is 0.169 e. The van der Waals surface area contributed by atoms with Gasteiger partial charge in [-0.3, -0.25) is 0 Å². The summed E-state index contributed by atoms with van der Waals surface area (Å²) < 4.78 is 10.7. The molecule has 0 heterocycles. The van der Waals surface area contributed by atoms with Gasteiger partial charge in [0.15, 0.2) is 5.79 Å². The lowest BCUT2D eigenvalue weighted by Crippen LogP contribution is -2.32. The maximum Gasteiger partial charge on any atom is 0.169 e. The summed E-state index contributed by atoms with van der Waals surface area (Å²) in [7, 11) is 0. The Balaban J connectivity index is 3.84. The average Bonchev–Trinajstić information content (AvgIpc) is 2.11. The Morgan fingerprint density at radius 3 is 1.83 bits per heavy atom. The third-order valence-electron chi connectivity index (χ3n) is 1.47. The summed E-state index contributed by atoms with van der Waals surface area (Å²) in [4.78, 5) is 0. The first-order valence-electron chi connectivity index (χ1n) is 4.03. The lowest BCUT2D eigenvalue weighted by molar-refractivity contribution is -0.195. The highest BCUT2D eigenvalue weighted by molar-refractivity contribution is 4.77. The highest BCUT2D eigenvalue weighted by Gasteiger charge is 2.22. The van der Waals surface area contributed by atoms with Gasteiger partial charge >= 0.3 is 0 Å². The van der Waals surface area contributed by atoms with Gasteiger partial charge in [0.25, 0.3) is 0 Å². The van der Waals surface area contributed by atoms with Gasteiger partial charge in [-0.15, -0.1) is 13.2 Å². The summed E-state index contributed by atoms with van der Waals surface area (Å²) in [5, 5.41) is 0. The lowest BCUT2D eigenvalue weighted by Gasteiger charge is -2.27. The van der Waals surface area contributed by atoms with E-state index < -0.39 is 5.79 Å². The monoisotopic (exact) mass is 169 g/mol. The van der Waals surface area contributed by atoms with Crippen LogP contribution in [0.5, 0.6) is 0 Å². The number of hydrogen-bond donors (Lipinski definition) is 0. The van der Waals surface area contributed by atoms with Crippen LogP contribution in [0.25, 0.3) is 0 Å². The van der Waals surface area contributed by atoms with Crippen LogP contribution >= 0.6 is 0 Å². The third-order valence-corrected chi connectivity index (χ3v) is 1.47. The van der Waals surface area contributed by atoms with E-state index in [1.54, 1.807) is 12.2 Å². The third kappa shape index (κ3) is 4.31. The number of ether oxygens (including phenoxy) is 2. The topological polar surface area (TPSA) is 18.5 Å². The molecule has 0 aliphatic carbocycles. The molecule has 0 aromatic heterocycles. The molecule has 0 amide bonds. The van der Waals surface area contributed by atoms with Crippen LogP contribution in [0.4, 0.5) is 0 Å². The largest absolute Gasteiger partial charge is 0.346 e. The summed E-state index contributed by atoms with van der Waals surface area (Å²) in [6.45, 7) is 13.8. The van der Waals surface area contributed by atoms with Crippen molar-refractivity contribution < 1.29 is 9.47 Å². The molecule has 0 fully saturated rings. The molecule has 0 bridgehead atoms. The summed E-state index contributed by atoms with van der Waals surface area (Å²) in [6, 6.07) is 0. The van der Waals surface area contributed by atoms with E-state index in [1.807, 2.05) is 6.92 Å². The maximum absolute atomic E-state index is 5.33. The molecular formula is C10H17O2. The molecule has 1 radical (unpaired) electrons. The van der Waals surface area contributed by atoms with Gasteiger partial charge in [-0.2, -0.15) is 0 Å². The van der Waals surface area contributed by atoms with Gasteiger partial charge in [0.2, 0.25) is 0 Å². The predicted octanol–water partition coefficient (Wildman–Crippen LogP) is 2.33. The molecular weight excluding hydrogens is 152 g/mol. The predicted molar refractivity (Wildman–Crippen MR) is 50.7 cm³/mol. The van der Waals surface area contributed by atoms with Crippen molar-refractivity contribution in [2.75, 3.05) is 13.2 Å². The Bertz CT molecular complexity index is 129. The summed E-state index contributed by atoms with van der Waals surface area (Å²) in [5.41, 5.74) is 0. The second kappa shape index (κ2) is 5.98. The molecule has 0 N–H and O–H groups in total. The van der Waals surface area contributed by atoms with Crippen molar-refractivity contribution in [2.24, 2.45) is 0 Å². The molecule has 0 saturated carbocycles. The highest BCUT2D eigenvalue weighted by Crippen LogP contribution is 2.15. The number of hydrogen-bond acceptors (Lipinski definition) is 2. The summed E-state index contributed by atoms with van der Waals surface area (Å²) in [6.07, 6.45) is 4.05. The van der Waals surface area contributed by atoms with Crippen LogP contribution in [-0.2, 0) is 9.47 Å². The van der Waals surface area contributed by atoms with E-state index in [4.69, 9.17) is 9.47 Å². The van der Waals surface area contributed by atoms with Crippen molar-refractivity contribution >= 4 is 0 Å². The van der Waals surface area contributed by atoms with Gasteiger partial charge in [0.05, 0.1) is 13.2 Å². The molecule has 0 spiro atoms. The standard InChI is InChI=1S/C10H17O2/c1-5-8-11-10(4,7-3)12-9-6-2/h5-6H,1-2,4,7-9H2,3H3. The Morgan fingerprint density at radius 2 is 1.58 bits per heavy atom. The van der Waals surface area contributed by atoms with E-state index in [2.05, 4.69) is 20.1 Å². The fourth-order valence-electron chi connectivity index (χ4n) is 0.667. The molecule has 12 heavy (non-hydrogen) atoms. The molecule has 0 rings (SSSR count). The van der Waals surface area contributed by atoms with E-state index in [0.717, 1.165) is 0 Å². The molecule has 0 saturated heterocycles. The van der Waals surface area contributed by atoms with Gasteiger partial charge in [-0.05, 0) is 6.42 Å².